The van der Waals surface area contributed by atoms with Gasteiger partial charge >= 0.3 is 18.3 Å². The quantitative estimate of drug-likeness (QED) is 0.373. The number of ether oxygens (including phenoxy) is 4. The zero-order valence-corrected chi connectivity index (χ0v) is 21.3. The second kappa shape index (κ2) is 8.97. The van der Waals surface area contributed by atoms with E-state index in [1.807, 2.05) is 13.8 Å². The molecule has 1 saturated heterocycles. The zero-order valence-electron chi connectivity index (χ0n) is 21.3. The molecule has 11 nitrogen and oxygen atoms in total. The molecule has 204 valence electrons. The number of imide groups is 1. The largest absolute Gasteiger partial charge is 0.445 e. The van der Waals surface area contributed by atoms with E-state index in [1.54, 1.807) is 6.08 Å². The Kier molecular flexibility index (Phi) is 6.30. The first-order valence-electron chi connectivity index (χ1n) is 13.0. The van der Waals surface area contributed by atoms with Crippen LogP contribution in [0.3, 0.4) is 0 Å². The van der Waals surface area contributed by atoms with Crippen molar-refractivity contribution < 1.29 is 43.2 Å². The fourth-order valence-electron chi connectivity index (χ4n) is 8.15. The molecule has 10 atom stereocenters. The number of carbonyl (C=O) groups is 4. The van der Waals surface area contributed by atoms with Gasteiger partial charge in [0.25, 0.3) is 0 Å². The number of aliphatic hydroxyl groups is 1. The lowest BCUT2D eigenvalue weighted by Crippen LogP contribution is -2.58. The topological polar surface area (TPSA) is 163 Å². The fraction of sp³-hybridized carbons (Fsp3) is 0.769. The van der Waals surface area contributed by atoms with Gasteiger partial charge in [-0.2, -0.15) is 0 Å². The molecule has 0 aromatic heterocycles. The van der Waals surface area contributed by atoms with Crippen LogP contribution in [0.25, 0.3) is 0 Å². The summed E-state index contributed by atoms with van der Waals surface area (Å²) < 4.78 is 21.2. The molecule has 4 saturated carbocycles. The predicted molar refractivity (Wildman–Crippen MR) is 127 cm³/mol. The van der Waals surface area contributed by atoms with Gasteiger partial charge in [-0.15, -0.1) is 6.58 Å². The Labute approximate surface area is 215 Å². The molecule has 0 radical (unpaired) electrons. The van der Waals surface area contributed by atoms with Gasteiger partial charge in [0.2, 0.25) is 0 Å². The summed E-state index contributed by atoms with van der Waals surface area (Å²) in [6, 6.07) is 0. The van der Waals surface area contributed by atoms with Gasteiger partial charge in [0.15, 0.2) is 12.2 Å². The van der Waals surface area contributed by atoms with Crippen LogP contribution in [0.5, 0.6) is 0 Å². The van der Waals surface area contributed by atoms with Crippen molar-refractivity contribution in [3.05, 3.63) is 12.7 Å². The Bertz CT molecular complexity index is 1020. The summed E-state index contributed by atoms with van der Waals surface area (Å²) in [6.07, 6.45) is -0.640. The van der Waals surface area contributed by atoms with Crippen molar-refractivity contribution in [3.63, 3.8) is 0 Å². The van der Waals surface area contributed by atoms with Crippen LogP contribution in [0.1, 0.15) is 52.4 Å². The molecule has 5 fully saturated rings. The number of rotatable bonds is 4. The number of nitrogens with two attached hydrogens (primary N) is 1. The maximum Gasteiger partial charge on any atom is 0.417 e. The van der Waals surface area contributed by atoms with Crippen LogP contribution in [0.2, 0.25) is 0 Å². The van der Waals surface area contributed by atoms with Crippen LogP contribution in [0.4, 0.5) is 14.4 Å². The van der Waals surface area contributed by atoms with Crippen LogP contribution < -0.4 is 11.1 Å². The van der Waals surface area contributed by atoms with Gasteiger partial charge in [0.05, 0.1) is 19.3 Å². The minimum absolute atomic E-state index is 0.00929. The minimum atomic E-state index is -1.08. The van der Waals surface area contributed by atoms with E-state index in [2.05, 4.69) is 11.9 Å². The number of carbonyl (C=O) groups excluding carboxylic acids is 4. The Hall–Kier alpha value is -2.66. The summed E-state index contributed by atoms with van der Waals surface area (Å²) in [7, 11) is 0. The van der Waals surface area contributed by atoms with Gasteiger partial charge < -0.3 is 29.8 Å². The number of alkyl carbamates (subject to hydrolysis) is 2. The van der Waals surface area contributed by atoms with Crippen LogP contribution in [0.15, 0.2) is 12.7 Å². The molecule has 4 aliphatic carbocycles. The number of primary amides is 1. The average molecular weight is 521 g/mol. The molecule has 11 heteroatoms. The molecule has 3 amide bonds. The predicted octanol–water partition coefficient (Wildman–Crippen LogP) is 2.44. The van der Waals surface area contributed by atoms with E-state index in [9.17, 15) is 24.3 Å². The van der Waals surface area contributed by atoms with E-state index in [0.717, 1.165) is 25.7 Å². The van der Waals surface area contributed by atoms with Gasteiger partial charge in [-0.3, -0.25) is 4.79 Å². The third-order valence-corrected chi connectivity index (χ3v) is 10.1. The number of amides is 3. The molecule has 37 heavy (non-hydrogen) atoms. The summed E-state index contributed by atoms with van der Waals surface area (Å²) in [4.78, 5) is 49.8. The van der Waals surface area contributed by atoms with Gasteiger partial charge in [0.1, 0.15) is 11.9 Å². The van der Waals surface area contributed by atoms with E-state index >= 15 is 0 Å². The van der Waals surface area contributed by atoms with Crippen LogP contribution in [0, 0.1) is 34.0 Å². The maximum atomic E-state index is 13.3. The van der Waals surface area contributed by atoms with Gasteiger partial charge in [0, 0.05) is 23.2 Å². The highest BCUT2D eigenvalue weighted by Gasteiger charge is 2.77. The number of hydrogen-bond acceptors (Lipinski definition) is 9. The standard InChI is InChI=1S/C26H36N2O9/c1-4-24(3)10-18(37-23(33)28-22(32)36-17-12-34-11-16(17)35-21(27)31)26-9-14(26)5-7-25(13(2)20(24)30)8-6-15(29)19(25)26/h4,13-14,16-20,30H,1,5-12H2,2-3H3,(H2,27,31)(H,28,32,33)/t13-,14-,16+,17-,18+,19+,20-,24+,25-,26-/m0/s1. The van der Waals surface area contributed by atoms with Crippen LogP contribution in [-0.2, 0) is 23.7 Å². The fourth-order valence-corrected chi connectivity index (χ4v) is 8.15. The van der Waals surface area contributed by atoms with Crippen molar-refractivity contribution in [3.8, 4) is 0 Å². The lowest BCUT2D eigenvalue weighted by Gasteiger charge is -2.55. The van der Waals surface area contributed by atoms with Crippen molar-refractivity contribution in [1.29, 1.82) is 0 Å². The molecule has 0 unspecified atom stereocenters. The molecule has 0 aromatic carbocycles. The Morgan fingerprint density at radius 2 is 1.81 bits per heavy atom. The van der Waals surface area contributed by atoms with Crippen molar-refractivity contribution in [2.24, 2.45) is 39.7 Å². The summed E-state index contributed by atoms with van der Waals surface area (Å²) in [5.74, 6) is 0.0269. The van der Waals surface area contributed by atoms with Crippen LogP contribution in [-0.4, -0.2) is 66.8 Å². The Morgan fingerprint density at radius 3 is 2.49 bits per heavy atom. The molecule has 1 spiro atoms. The first-order chi connectivity index (χ1) is 17.5. The Balaban J connectivity index is 1.35. The zero-order chi connectivity index (χ0) is 26.8. The number of aliphatic hydroxyl groups excluding tert-OH is 1. The molecular weight excluding hydrogens is 484 g/mol. The van der Waals surface area contributed by atoms with Crippen molar-refractivity contribution in [2.75, 3.05) is 13.2 Å². The molecule has 5 rings (SSSR count). The number of Topliss-reactive ketones (excluding diaryl/α,β-unsaturated/α-hetero) is 1. The first-order valence-corrected chi connectivity index (χ1v) is 13.0. The smallest absolute Gasteiger partial charge is 0.417 e. The minimum Gasteiger partial charge on any atom is -0.445 e. The third-order valence-electron chi connectivity index (χ3n) is 10.1. The van der Waals surface area contributed by atoms with Gasteiger partial charge in [-0.05, 0) is 49.4 Å². The van der Waals surface area contributed by atoms with E-state index in [0.29, 0.717) is 6.42 Å². The normalized spacial score (nSPS) is 45.9. The molecule has 1 heterocycles. The summed E-state index contributed by atoms with van der Waals surface area (Å²) in [5.41, 5.74) is 3.42. The first kappa shape index (κ1) is 26.0. The monoisotopic (exact) mass is 520 g/mol. The lowest BCUT2D eigenvalue weighted by atomic mass is 9.50. The number of hydrogen-bond donors (Lipinski definition) is 3. The molecule has 5 aliphatic rings. The Morgan fingerprint density at radius 1 is 1.14 bits per heavy atom. The SMILES string of the molecule is C=C[C@]1(C)C[C@@H](OC(=O)NC(=O)O[C@H]2COC[C@H]2OC(N)=O)[C@]23C[C@@H]2CC[C@]2(CCC(=O)[C@H]23)[C@@H](C)[C@@H]1O. The van der Waals surface area contributed by atoms with E-state index in [4.69, 9.17) is 24.7 Å². The van der Waals surface area contributed by atoms with Crippen molar-refractivity contribution in [1.82, 2.24) is 5.32 Å². The number of ketones is 1. The molecule has 0 aromatic rings. The summed E-state index contributed by atoms with van der Waals surface area (Å²) in [5, 5.41) is 13.6. The highest BCUT2D eigenvalue weighted by Crippen LogP contribution is 2.77. The number of nitrogens with one attached hydrogen (secondary N) is 1. The summed E-state index contributed by atoms with van der Waals surface area (Å²) >= 11 is 0. The van der Waals surface area contributed by atoms with E-state index in [-0.39, 0.29) is 48.6 Å². The van der Waals surface area contributed by atoms with Crippen LogP contribution >= 0.6 is 0 Å². The maximum absolute atomic E-state index is 13.3. The van der Waals surface area contributed by atoms with Gasteiger partial charge in [-0.1, -0.05) is 19.9 Å². The molecule has 4 N–H and O–H groups in total. The molecular formula is C26H36N2O9. The van der Waals surface area contributed by atoms with E-state index in [1.165, 1.54) is 0 Å². The summed E-state index contributed by atoms with van der Waals surface area (Å²) in [6.45, 7) is 7.91. The van der Waals surface area contributed by atoms with Crippen molar-refractivity contribution in [2.45, 2.75) is 76.8 Å². The van der Waals surface area contributed by atoms with Gasteiger partial charge in [-0.25, -0.2) is 19.7 Å². The lowest BCUT2D eigenvalue weighted by molar-refractivity contribution is -0.156. The second-order valence-electron chi connectivity index (χ2n) is 11.8. The molecule has 2 bridgehead atoms. The third kappa shape index (κ3) is 4.01. The van der Waals surface area contributed by atoms with E-state index < -0.39 is 53.5 Å². The van der Waals surface area contributed by atoms with Crippen molar-refractivity contribution >= 4 is 24.1 Å². The second-order valence-corrected chi connectivity index (χ2v) is 11.8. The average Bonchev–Trinajstić information content (AvgIpc) is 3.29. The highest BCUT2D eigenvalue weighted by molar-refractivity contribution is 5.88. The highest BCUT2D eigenvalue weighted by atomic mass is 16.6. The molecule has 1 aliphatic heterocycles.